The van der Waals surface area contributed by atoms with Crippen molar-refractivity contribution in [2.45, 2.75) is 24.9 Å². The summed E-state index contributed by atoms with van der Waals surface area (Å²) in [4.78, 5) is 16.3. The molecule has 0 radical (unpaired) electrons. The van der Waals surface area contributed by atoms with Crippen LogP contribution in [0.1, 0.15) is 24.8 Å². The van der Waals surface area contributed by atoms with E-state index in [-0.39, 0.29) is 17.7 Å². The molecule has 1 aliphatic rings. The molecular weight excluding hydrogens is 387 g/mol. The Morgan fingerprint density at radius 1 is 1.17 bits per heavy atom. The first-order valence-corrected chi connectivity index (χ1v) is 8.79. The number of amides is 1. The number of benzene rings is 1. The number of hydrogen-bond acceptors (Lipinski definition) is 6. The molecule has 0 saturated carbocycles. The van der Waals surface area contributed by atoms with Gasteiger partial charge in [-0.1, -0.05) is 0 Å². The van der Waals surface area contributed by atoms with Crippen molar-refractivity contribution in [3.05, 3.63) is 54.0 Å². The van der Waals surface area contributed by atoms with Gasteiger partial charge in [0, 0.05) is 18.4 Å². The summed E-state index contributed by atoms with van der Waals surface area (Å²) in [7, 11) is 0. The highest BCUT2D eigenvalue weighted by Gasteiger charge is 2.44. The normalized spacial score (nSPS) is 19.2. The van der Waals surface area contributed by atoms with Gasteiger partial charge >= 0.3 is 6.18 Å². The molecule has 0 bridgehead atoms. The highest BCUT2D eigenvalue weighted by Crippen LogP contribution is 2.34. The second kappa shape index (κ2) is 6.87. The number of nitrogens with zero attached hydrogens (tertiary/aromatic N) is 3. The Bertz CT molecular complexity index is 1050. The van der Waals surface area contributed by atoms with Crippen molar-refractivity contribution in [3.63, 3.8) is 0 Å². The van der Waals surface area contributed by atoms with Crippen LogP contribution in [0.5, 0.6) is 0 Å². The van der Waals surface area contributed by atoms with E-state index >= 15 is 0 Å². The Kier molecular flexibility index (Phi) is 4.48. The van der Waals surface area contributed by atoms with Gasteiger partial charge in [0.15, 0.2) is 5.69 Å². The van der Waals surface area contributed by atoms with Crippen LogP contribution < -0.4 is 10.6 Å². The van der Waals surface area contributed by atoms with Crippen molar-refractivity contribution >= 4 is 17.3 Å². The standard InChI is InChI=1S/C19H16F3N5O2/c1-18(8-10-24-16(18)28)17-27-26-15(29-17)14-13(3-2-9-23-14)25-12-6-4-11(5-7-12)19(20,21)22/h2-7,9,25H,8,10H2,1H3,(H,24,28)/t18-/m1/s1. The lowest BCUT2D eigenvalue weighted by atomic mass is 9.89. The zero-order valence-electron chi connectivity index (χ0n) is 15.2. The Balaban J connectivity index is 1.62. The number of carbonyl (C=O) groups is 1. The van der Waals surface area contributed by atoms with Crippen LogP contribution in [0.2, 0.25) is 0 Å². The van der Waals surface area contributed by atoms with Crippen molar-refractivity contribution in [1.29, 1.82) is 0 Å². The van der Waals surface area contributed by atoms with Crippen LogP contribution in [-0.4, -0.2) is 27.6 Å². The van der Waals surface area contributed by atoms with E-state index in [1.54, 1.807) is 19.1 Å². The minimum atomic E-state index is -4.40. The number of anilines is 2. The molecule has 1 aromatic carbocycles. The van der Waals surface area contributed by atoms with E-state index in [1.165, 1.54) is 18.3 Å². The fraction of sp³-hybridized carbons (Fsp3) is 0.263. The topological polar surface area (TPSA) is 92.9 Å². The van der Waals surface area contributed by atoms with Gasteiger partial charge in [-0.15, -0.1) is 10.2 Å². The first-order chi connectivity index (χ1) is 13.8. The molecule has 2 N–H and O–H groups in total. The van der Waals surface area contributed by atoms with Gasteiger partial charge in [-0.2, -0.15) is 13.2 Å². The Hall–Kier alpha value is -3.43. The fourth-order valence-corrected chi connectivity index (χ4v) is 3.06. The van der Waals surface area contributed by atoms with Crippen LogP contribution in [-0.2, 0) is 16.4 Å². The van der Waals surface area contributed by atoms with Crippen LogP contribution >= 0.6 is 0 Å². The maximum Gasteiger partial charge on any atom is 0.416 e. The smallest absolute Gasteiger partial charge is 0.416 e. The first kappa shape index (κ1) is 18.9. The van der Waals surface area contributed by atoms with Crippen molar-refractivity contribution in [3.8, 4) is 11.6 Å². The van der Waals surface area contributed by atoms with Crippen LogP contribution in [0.15, 0.2) is 47.0 Å². The predicted octanol–water partition coefficient (Wildman–Crippen LogP) is 3.67. The summed E-state index contributed by atoms with van der Waals surface area (Å²) < 4.78 is 43.9. The van der Waals surface area contributed by atoms with Gasteiger partial charge < -0.3 is 15.1 Å². The van der Waals surface area contributed by atoms with Crippen molar-refractivity contribution in [2.75, 3.05) is 11.9 Å². The molecule has 1 atom stereocenters. The third kappa shape index (κ3) is 3.53. The molecule has 1 amide bonds. The summed E-state index contributed by atoms with van der Waals surface area (Å²) in [6.07, 6.45) is -2.34. The molecule has 3 aromatic rings. The number of pyridine rings is 1. The number of nitrogens with one attached hydrogen (secondary N) is 2. The van der Waals surface area contributed by atoms with E-state index in [4.69, 9.17) is 4.42 Å². The summed E-state index contributed by atoms with van der Waals surface area (Å²) in [6, 6.07) is 7.98. The Morgan fingerprint density at radius 2 is 1.93 bits per heavy atom. The van der Waals surface area contributed by atoms with Crippen molar-refractivity contribution < 1.29 is 22.4 Å². The average molecular weight is 403 g/mol. The van der Waals surface area contributed by atoms with E-state index in [1.807, 2.05) is 0 Å². The number of aromatic nitrogens is 3. The summed E-state index contributed by atoms with van der Waals surface area (Å²) in [5, 5.41) is 13.8. The van der Waals surface area contributed by atoms with Crippen molar-refractivity contribution in [1.82, 2.24) is 20.5 Å². The Morgan fingerprint density at radius 3 is 2.59 bits per heavy atom. The van der Waals surface area contributed by atoms with E-state index in [0.717, 1.165) is 12.1 Å². The molecule has 1 aliphatic heterocycles. The van der Waals surface area contributed by atoms with E-state index in [2.05, 4.69) is 25.8 Å². The molecule has 3 heterocycles. The molecule has 0 unspecified atom stereocenters. The number of hydrogen-bond donors (Lipinski definition) is 2. The van der Waals surface area contributed by atoms with Gasteiger partial charge in [-0.25, -0.2) is 4.98 Å². The summed E-state index contributed by atoms with van der Waals surface area (Å²) >= 11 is 0. The highest BCUT2D eigenvalue weighted by atomic mass is 19.4. The zero-order chi connectivity index (χ0) is 20.6. The van der Waals surface area contributed by atoms with Gasteiger partial charge in [0.2, 0.25) is 11.8 Å². The van der Waals surface area contributed by atoms with Gasteiger partial charge in [-0.3, -0.25) is 4.79 Å². The molecule has 10 heteroatoms. The molecule has 150 valence electrons. The largest absolute Gasteiger partial charge is 0.418 e. The first-order valence-electron chi connectivity index (χ1n) is 8.79. The quantitative estimate of drug-likeness (QED) is 0.691. The lowest BCUT2D eigenvalue weighted by Crippen LogP contribution is -2.32. The van der Waals surface area contributed by atoms with Crippen LogP contribution in [0.3, 0.4) is 0 Å². The number of rotatable bonds is 4. The maximum absolute atomic E-state index is 12.7. The van der Waals surface area contributed by atoms with E-state index < -0.39 is 17.2 Å². The molecule has 29 heavy (non-hydrogen) atoms. The third-order valence-corrected chi connectivity index (χ3v) is 4.81. The summed E-state index contributed by atoms with van der Waals surface area (Å²) in [6.45, 7) is 2.25. The number of alkyl halides is 3. The highest BCUT2D eigenvalue weighted by molar-refractivity contribution is 5.88. The second-order valence-corrected chi connectivity index (χ2v) is 6.85. The van der Waals surface area contributed by atoms with Gasteiger partial charge in [0.05, 0.1) is 11.3 Å². The van der Waals surface area contributed by atoms with Crippen LogP contribution in [0.4, 0.5) is 24.5 Å². The molecule has 0 spiro atoms. The molecule has 7 nitrogen and oxygen atoms in total. The van der Waals surface area contributed by atoms with Crippen molar-refractivity contribution in [2.24, 2.45) is 0 Å². The SMILES string of the molecule is C[C@@]1(c2nnc(-c3ncccc3Nc3ccc(C(F)(F)F)cc3)o2)CCNC1=O. The van der Waals surface area contributed by atoms with Crippen LogP contribution in [0, 0.1) is 0 Å². The summed E-state index contributed by atoms with van der Waals surface area (Å²) in [5.41, 5.74) is -0.397. The predicted molar refractivity (Wildman–Crippen MR) is 97.2 cm³/mol. The van der Waals surface area contributed by atoms with Crippen LogP contribution in [0.25, 0.3) is 11.6 Å². The second-order valence-electron chi connectivity index (χ2n) is 6.85. The minimum Gasteiger partial charge on any atom is -0.418 e. The number of carbonyl (C=O) groups excluding carboxylic acids is 1. The molecule has 1 saturated heterocycles. The third-order valence-electron chi connectivity index (χ3n) is 4.81. The fourth-order valence-electron chi connectivity index (χ4n) is 3.06. The molecule has 4 rings (SSSR count). The molecular formula is C19H16F3N5O2. The van der Waals surface area contributed by atoms with Gasteiger partial charge in [-0.05, 0) is 49.7 Å². The monoisotopic (exact) mass is 403 g/mol. The summed E-state index contributed by atoms with van der Waals surface area (Å²) in [5.74, 6) is 0.112. The van der Waals surface area contributed by atoms with E-state index in [0.29, 0.717) is 30.0 Å². The molecule has 2 aromatic heterocycles. The Labute approximate surface area is 163 Å². The number of halogens is 3. The zero-order valence-corrected chi connectivity index (χ0v) is 15.2. The average Bonchev–Trinajstić information content (AvgIpc) is 3.30. The lowest BCUT2D eigenvalue weighted by Gasteiger charge is -2.14. The maximum atomic E-state index is 12.7. The van der Waals surface area contributed by atoms with Gasteiger partial charge in [0.1, 0.15) is 5.41 Å². The van der Waals surface area contributed by atoms with Gasteiger partial charge in [0.25, 0.3) is 5.89 Å². The van der Waals surface area contributed by atoms with E-state index in [9.17, 15) is 18.0 Å². The molecule has 1 fully saturated rings. The molecule has 0 aliphatic carbocycles. The minimum absolute atomic E-state index is 0.107. The lowest BCUT2D eigenvalue weighted by molar-refractivity contribution is -0.137.